The normalized spacial score (nSPS) is 12.4. The fourth-order valence-corrected chi connectivity index (χ4v) is 3.56. The number of hydrogen-bond donors (Lipinski definition) is 3. The zero-order valence-electron chi connectivity index (χ0n) is 12.6. The summed E-state index contributed by atoms with van der Waals surface area (Å²) >= 11 is 2.91. The number of aliphatic hydroxyl groups is 1. The van der Waals surface area contributed by atoms with Gasteiger partial charge in [0.15, 0.2) is 0 Å². The average molecular weight is 340 g/mol. The van der Waals surface area contributed by atoms with Gasteiger partial charge < -0.3 is 10.4 Å². The molecule has 0 bridgehead atoms. The highest BCUT2D eigenvalue weighted by molar-refractivity contribution is 7.19. The Hall–Kier alpha value is -1.51. The third-order valence-corrected chi connectivity index (χ3v) is 5.05. The van der Waals surface area contributed by atoms with Crippen molar-refractivity contribution >= 4 is 33.8 Å². The van der Waals surface area contributed by atoms with Gasteiger partial charge >= 0.3 is 6.03 Å². The summed E-state index contributed by atoms with van der Waals surface area (Å²) in [6, 6.07) is 1.58. The summed E-state index contributed by atoms with van der Waals surface area (Å²) in [4.78, 5) is 11.8. The van der Waals surface area contributed by atoms with Crippen molar-refractivity contribution in [1.82, 2.24) is 15.5 Å². The first-order valence-corrected chi connectivity index (χ1v) is 8.99. The number of anilines is 1. The SMILES string of the molecule is CCC(CC)C(O)CNC(=O)Nc1nnc(-c2ccsc2)s1. The van der Waals surface area contributed by atoms with E-state index in [0.717, 1.165) is 23.4 Å². The number of amides is 2. The first-order valence-electron chi connectivity index (χ1n) is 7.23. The van der Waals surface area contributed by atoms with E-state index >= 15 is 0 Å². The average Bonchev–Trinajstić information content (AvgIpc) is 3.17. The fraction of sp³-hybridized carbons (Fsp3) is 0.500. The van der Waals surface area contributed by atoms with Crippen LogP contribution >= 0.6 is 22.7 Å². The monoisotopic (exact) mass is 340 g/mol. The highest BCUT2D eigenvalue weighted by atomic mass is 32.1. The maximum absolute atomic E-state index is 11.8. The van der Waals surface area contributed by atoms with Gasteiger partial charge in [0, 0.05) is 17.5 Å². The third kappa shape index (κ3) is 4.49. The van der Waals surface area contributed by atoms with E-state index < -0.39 is 6.10 Å². The van der Waals surface area contributed by atoms with Crippen molar-refractivity contribution in [2.24, 2.45) is 5.92 Å². The van der Waals surface area contributed by atoms with Crippen LogP contribution < -0.4 is 10.6 Å². The minimum atomic E-state index is -0.531. The molecule has 2 amide bonds. The summed E-state index contributed by atoms with van der Waals surface area (Å²) in [6.45, 7) is 4.30. The van der Waals surface area contributed by atoms with Crippen LogP contribution in [0.2, 0.25) is 0 Å². The topological polar surface area (TPSA) is 87.1 Å². The lowest BCUT2D eigenvalue weighted by atomic mass is 9.97. The second-order valence-corrected chi connectivity index (χ2v) is 6.66. The maximum Gasteiger partial charge on any atom is 0.321 e. The minimum Gasteiger partial charge on any atom is -0.391 e. The molecule has 0 saturated heterocycles. The van der Waals surface area contributed by atoms with Gasteiger partial charge in [-0.3, -0.25) is 5.32 Å². The molecule has 3 N–H and O–H groups in total. The molecule has 0 aliphatic heterocycles. The third-order valence-electron chi connectivity index (χ3n) is 3.48. The molecule has 0 radical (unpaired) electrons. The Bertz CT molecular complexity index is 581. The largest absolute Gasteiger partial charge is 0.391 e. The molecule has 0 spiro atoms. The van der Waals surface area contributed by atoms with Crippen LogP contribution in [0.1, 0.15) is 26.7 Å². The van der Waals surface area contributed by atoms with Gasteiger partial charge in [-0.1, -0.05) is 38.0 Å². The Balaban J connectivity index is 1.82. The van der Waals surface area contributed by atoms with E-state index in [4.69, 9.17) is 0 Å². The molecule has 2 heterocycles. The molecule has 22 heavy (non-hydrogen) atoms. The van der Waals surface area contributed by atoms with Gasteiger partial charge in [0.25, 0.3) is 0 Å². The van der Waals surface area contributed by atoms with Gasteiger partial charge in [0.1, 0.15) is 5.01 Å². The summed E-state index contributed by atoms with van der Waals surface area (Å²) in [7, 11) is 0. The van der Waals surface area contributed by atoms with Crippen LogP contribution in [0.5, 0.6) is 0 Å². The smallest absolute Gasteiger partial charge is 0.321 e. The van der Waals surface area contributed by atoms with Crippen molar-refractivity contribution in [2.45, 2.75) is 32.8 Å². The molecule has 2 aromatic heterocycles. The molecule has 2 rings (SSSR count). The zero-order valence-corrected chi connectivity index (χ0v) is 14.2. The molecule has 0 aliphatic carbocycles. The van der Waals surface area contributed by atoms with Gasteiger partial charge in [-0.2, -0.15) is 11.3 Å². The van der Waals surface area contributed by atoms with Crippen molar-refractivity contribution in [1.29, 1.82) is 0 Å². The summed E-state index contributed by atoms with van der Waals surface area (Å²) < 4.78 is 0. The van der Waals surface area contributed by atoms with Gasteiger partial charge in [0.2, 0.25) is 5.13 Å². The lowest BCUT2D eigenvalue weighted by Gasteiger charge is -2.20. The maximum atomic E-state index is 11.8. The molecule has 8 heteroatoms. The van der Waals surface area contributed by atoms with Crippen molar-refractivity contribution in [3.05, 3.63) is 16.8 Å². The number of aliphatic hydroxyl groups excluding tert-OH is 1. The van der Waals surface area contributed by atoms with E-state index in [9.17, 15) is 9.90 Å². The standard InChI is InChI=1S/C14H20N4O2S2/c1-3-9(4-2)11(19)7-15-13(20)16-14-18-17-12(22-14)10-5-6-21-8-10/h5-6,8-9,11,19H,3-4,7H2,1-2H3,(H2,15,16,18,20). The van der Waals surface area contributed by atoms with Gasteiger partial charge in [-0.15, -0.1) is 10.2 Å². The molecule has 0 saturated carbocycles. The first kappa shape index (κ1) is 16.9. The lowest BCUT2D eigenvalue weighted by molar-refractivity contribution is 0.104. The number of hydrogen-bond acceptors (Lipinski definition) is 6. The molecule has 0 aliphatic rings. The summed E-state index contributed by atoms with van der Waals surface area (Å²) in [6.07, 6.45) is 1.25. The van der Waals surface area contributed by atoms with Crippen LogP contribution in [0.25, 0.3) is 10.6 Å². The van der Waals surface area contributed by atoms with Crippen LogP contribution in [-0.2, 0) is 0 Å². The number of aromatic nitrogens is 2. The van der Waals surface area contributed by atoms with Crippen molar-refractivity contribution in [2.75, 3.05) is 11.9 Å². The van der Waals surface area contributed by atoms with Gasteiger partial charge in [-0.25, -0.2) is 4.79 Å². The molecular weight excluding hydrogens is 320 g/mol. The number of thiophene rings is 1. The Morgan fingerprint density at radius 2 is 2.14 bits per heavy atom. The first-order chi connectivity index (χ1) is 10.6. The van der Waals surface area contributed by atoms with Crippen molar-refractivity contribution in [3.8, 4) is 10.6 Å². The minimum absolute atomic E-state index is 0.201. The van der Waals surface area contributed by atoms with E-state index in [-0.39, 0.29) is 18.5 Å². The Morgan fingerprint density at radius 1 is 1.36 bits per heavy atom. The van der Waals surface area contributed by atoms with Gasteiger partial charge in [-0.05, 0) is 17.4 Å². The van der Waals surface area contributed by atoms with E-state index in [1.807, 2.05) is 30.7 Å². The van der Waals surface area contributed by atoms with Crippen LogP contribution in [0.4, 0.5) is 9.93 Å². The van der Waals surface area contributed by atoms with E-state index in [2.05, 4.69) is 20.8 Å². The molecule has 2 aromatic rings. The summed E-state index contributed by atoms with van der Waals surface area (Å²) in [5.74, 6) is 0.201. The lowest BCUT2D eigenvalue weighted by Crippen LogP contribution is -2.38. The van der Waals surface area contributed by atoms with Crippen LogP contribution in [0.15, 0.2) is 16.8 Å². The highest BCUT2D eigenvalue weighted by Gasteiger charge is 2.16. The predicted octanol–water partition coefficient (Wildman–Crippen LogP) is 3.19. The van der Waals surface area contributed by atoms with E-state index in [1.165, 1.54) is 11.3 Å². The Kier molecular flexibility index (Phi) is 6.29. The molecule has 0 aromatic carbocycles. The molecule has 6 nitrogen and oxygen atoms in total. The number of urea groups is 1. The Labute approximate surface area is 137 Å². The second-order valence-electron chi connectivity index (χ2n) is 4.90. The number of nitrogens with one attached hydrogen (secondary N) is 2. The zero-order chi connectivity index (χ0) is 15.9. The molecular formula is C14H20N4O2S2. The van der Waals surface area contributed by atoms with Crippen LogP contribution in [0.3, 0.4) is 0 Å². The quantitative estimate of drug-likeness (QED) is 0.722. The van der Waals surface area contributed by atoms with Crippen molar-refractivity contribution < 1.29 is 9.90 Å². The van der Waals surface area contributed by atoms with Crippen molar-refractivity contribution in [3.63, 3.8) is 0 Å². The Morgan fingerprint density at radius 3 is 2.77 bits per heavy atom. The van der Waals surface area contributed by atoms with E-state index in [1.54, 1.807) is 11.3 Å². The second kappa shape index (κ2) is 8.21. The highest BCUT2D eigenvalue weighted by Crippen LogP contribution is 2.27. The number of rotatable bonds is 7. The number of carbonyl (C=O) groups excluding carboxylic acids is 1. The summed E-state index contributed by atoms with van der Waals surface area (Å²) in [5.41, 5.74) is 1.00. The van der Waals surface area contributed by atoms with E-state index in [0.29, 0.717) is 5.13 Å². The number of carbonyl (C=O) groups is 1. The summed E-state index contributed by atoms with van der Waals surface area (Å²) in [5, 5.41) is 28.4. The molecule has 120 valence electrons. The fourth-order valence-electron chi connectivity index (χ4n) is 2.11. The van der Waals surface area contributed by atoms with Gasteiger partial charge in [0.05, 0.1) is 6.10 Å². The molecule has 1 atom stereocenters. The predicted molar refractivity (Wildman–Crippen MR) is 90.3 cm³/mol. The molecule has 1 unspecified atom stereocenters. The van der Waals surface area contributed by atoms with Crippen LogP contribution in [0, 0.1) is 5.92 Å². The van der Waals surface area contributed by atoms with Crippen LogP contribution in [-0.4, -0.2) is 34.0 Å². The number of nitrogens with zero attached hydrogens (tertiary/aromatic N) is 2. The molecule has 0 fully saturated rings.